The second-order valence-electron chi connectivity index (χ2n) is 10.4. The van der Waals surface area contributed by atoms with Gasteiger partial charge in [0, 0.05) is 47.3 Å². The van der Waals surface area contributed by atoms with E-state index in [0.29, 0.717) is 0 Å². The molecule has 1 fully saturated rings. The number of aliphatic hydroxyl groups is 1. The van der Waals surface area contributed by atoms with Gasteiger partial charge in [-0.05, 0) is 74.5 Å². The van der Waals surface area contributed by atoms with E-state index in [1.54, 1.807) is 6.20 Å². The van der Waals surface area contributed by atoms with Crippen LogP contribution in [0.3, 0.4) is 0 Å². The lowest BCUT2D eigenvalue weighted by atomic mass is 9.73. The van der Waals surface area contributed by atoms with Crippen LogP contribution in [0.15, 0.2) is 29.1 Å². The lowest BCUT2D eigenvalue weighted by molar-refractivity contribution is 0.175. The van der Waals surface area contributed by atoms with Crippen molar-refractivity contribution in [1.82, 2.24) is 24.3 Å². The first-order valence-electron chi connectivity index (χ1n) is 11.6. The summed E-state index contributed by atoms with van der Waals surface area (Å²) < 4.78 is 18.9. The van der Waals surface area contributed by atoms with E-state index in [-0.39, 0.29) is 22.8 Å². The van der Waals surface area contributed by atoms with Gasteiger partial charge in [0.1, 0.15) is 14.9 Å². The molecule has 3 aromatic rings. The minimum absolute atomic E-state index is 0.000935. The molecule has 10 heteroatoms. The molecule has 0 aromatic carbocycles. The van der Waals surface area contributed by atoms with Crippen LogP contribution in [0.2, 0.25) is 0 Å². The zero-order valence-electron chi connectivity index (χ0n) is 20.0. The van der Waals surface area contributed by atoms with Crippen molar-refractivity contribution in [3.63, 3.8) is 0 Å². The molecule has 0 unspecified atom stereocenters. The summed E-state index contributed by atoms with van der Waals surface area (Å²) in [5.74, 6) is 0.855. The Morgan fingerprint density at radius 1 is 1.32 bits per heavy atom. The molecule has 0 saturated carbocycles. The maximum atomic E-state index is 13.1. The zero-order chi connectivity index (χ0) is 24.3. The first-order valence-corrected chi connectivity index (χ1v) is 13.6. The average Bonchev–Trinajstić information content (AvgIpc) is 3.36. The molecule has 2 atom stereocenters. The SMILES string of the molecule is Cc1nc(N2CCC3(CC2)Cc2ncccc2[C@H]3N[S@+]([O-])C(C)(C)C)c2c(CO)cnn2c1Br. The second kappa shape index (κ2) is 8.74. The number of nitrogens with one attached hydrogen (secondary N) is 1. The highest BCUT2D eigenvalue weighted by molar-refractivity contribution is 9.10. The van der Waals surface area contributed by atoms with Gasteiger partial charge in [0.2, 0.25) is 0 Å². The highest BCUT2D eigenvalue weighted by atomic mass is 79.9. The van der Waals surface area contributed by atoms with Gasteiger partial charge in [0.05, 0.1) is 24.5 Å². The molecule has 3 aromatic heterocycles. The summed E-state index contributed by atoms with van der Waals surface area (Å²) in [6.45, 7) is 9.50. The minimum atomic E-state index is -1.18. The normalized spacial score (nSPS) is 20.8. The molecule has 2 aliphatic rings. The average molecular weight is 548 g/mol. The Kier molecular flexibility index (Phi) is 6.17. The fourth-order valence-electron chi connectivity index (χ4n) is 5.24. The summed E-state index contributed by atoms with van der Waals surface area (Å²) >= 11 is 2.41. The number of anilines is 1. The molecule has 0 radical (unpaired) electrons. The van der Waals surface area contributed by atoms with Crippen LogP contribution in [0.4, 0.5) is 5.82 Å². The summed E-state index contributed by atoms with van der Waals surface area (Å²) in [5, 5.41) is 14.4. The second-order valence-corrected chi connectivity index (χ2v) is 13.1. The Balaban J connectivity index is 1.46. The topological polar surface area (TPSA) is 102 Å². The van der Waals surface area contributed by atoms with E-state index < -0.39 is 11.4 Å². The number of hydrogen-bond donors (Lipinski definition) is 2. The van der Waals surface area contributed by atoms with Crippen LogP contribution in [-0.2, 0) is 24.4 Å². The number of pyridine rings is 1. The van der Waals surface area contributed by atoms with Crippen LogP contribution < -0.4 is 9.62 Å². The Hall–Kier alpha value is -1.72. The number of hydrogen-bond acceptors (Lipinski definition) is 7. The van der Waals surface area contributed by atoms with Gasteiger partial charge in [0.15, 0.2) is 5.82 Å². The van der Waals surface area contributed by atoms with Gasteiger partial charge >= 0.3 is 0 Å². The third-order valence-corrected chi connectivity index (χ3v) is 9.67. The monoisotopic (exact) mass is 546 g/mol. The van der Waals surface area contributed by atoms with Gasteiger partial charge in [-0.2, -0.15) is 5.10 Å². The van der Waals surface area contributed by atoms with Crippen molar-refractivity contribution >= 4 is 38.6 Å². The molecule has 1 spiro atoms. The van der Waals surface area contributed by atoms with Crippen molar-refractivity contribution in [2.24, 2.45) is 5.41 Å². The maximum absolute atomic E-state index is 13.1. The molecule has 0 bridgehead atoms. The van der Waals surface area contributed by atoms with Crippen LogP contribution in [-0.4, -0.2) is 47.1 Å². The Labute approximate surface area is 211 Å². The van der Waals surface area contributed by atoms with Gasteiger partial charge in [0.25, 0.3) is 0 Å². The summed E-state index contributed by atoms with van der Waals surface area (Å²) in [5.41, 5.74) is 4.70. The van der Waals surface area contributed by atoms with E-state index in [1.807, 2.05) is 44.5 Å². The molecule has 1 saturated heterocycles. The standard InChI is InChI=1S/C24H31BrN6O2S/c1-15-21(25)31-19(16(14-32)13-27-31)22(28-15)30-10-7-24(8-11-30)12-18-17(6-5-9-26-18)20(24)29-34(33)23(2,3)4/h5-6,9,13,20,29,32H,7-8,10-12,14H2,1-4H3/t20-,34-/m1/s1. The van der Waals surface area contributed by atoms with Crippen LogP contribution in [0.5, 0.6) is 0 Å². The molecule has 182 valence electrons. The maximum Gasteiger partial charge on any atom is 0.155 e. The lowest BCUT2D eigenvalue weighted by Gasteiger charge is -2.44. The van der Waals surface area contributed by atoms with Crippen LogP contribution in [0, 0.1) is 12.3 Å². The van der Waals surface area contributed by atoms with Crippen LogP contribution in [0.1, 0.15) is 62.2 Å². The molecule has 5 rings (SSSR count). The fraction of sp³-hybridized carbons (Fsp3) is 0.542. The summed E-state index contributed by atoms with van der Waals surface area (Å²) in [7, 11) is 0. The molecule has 0 amide bonds. The number of nitrogens with zero attached hydrogens (tertiary/aromatic N) is 5. The van der Waals surface area contributed by atoms with Crippen molar-refractivity contribution in [3.8, 4) is 0 Å². The Morgan fingerprint density at radius 2 is 2.06 bits per heavy atom. The van der Waals surface area contributed by atoms with E-state index in [4.69, 9.17) is 4.98 Å². The lowest BCUT2D eigenvalue weighted by Crippen LogP contribution is -2.50. The van der Waals surface area contributed by atoms with Gasteiger partial charge in [-0.3, -0.25) is 4.98 Å². The number of piperidine rings is 1. The summed E-state index contributed by atoms with van der Waals surface area (Å²) in [6, 6.07) is 4.11. The fourth-order valence-corrected chi connectivity index (χ4v) is 6.55. The van der Waals surface area contributed by atoms with E-state index in [1.165, 1.54) is 5.56 Å². The molecule has 34 heavy (non-hydrogen) atoms. The van der Waals surface area contributed by atoms with Crippen LogP contribution in [0.25, 0.3) is 5.52 Å². The quantitative estimate of drug-likeness (QED) is 0.481. The third-order valence-electron chi connectivity index (χ3n) is 7.19. The summed E-state index contributed by atoms with van der Waals surface area (Å²) in [4.78, 5) is 11.9. The predicted octanol–water partition coefficient (Wildman–Crippen LogP) is 3.62. The number of aliphatic hydroxyl groups excluding tert-OH is 1. The van der Waals surface area contributed by atoms with Gasteiger partial charge < -0.3 is 14.6 Å². The highest BCUT2D eigenvalue weighted by Crippen LogP contribution is 2.52. The molecule has 1 aliphatic heterocycles. The van der Waals surface area contributed by atoms with Gasteiger partial charge in [-0.15, -0.1) is 4.72 Å². The number of halogens is 1. The first kappa shape index (κ1) is 24.0. The van der Waals surface area contributed by atoms with E-state index in [0.717, 1.165) is 65.2 Å². The Morgan fingerprint density at radius 3 is 2.74 bits per heavy atom. The van der Waals surface area contributed by atoms with Crippen molar-refractivity contribution in [2.75, 3.05) is 18.0 Å². The first-order chi connectivity index (χ1) is 16.1. The van der Waals surface area contributed by atoms with E-state index in [9.17, 15) is 9.66 Å². The molecule has 8 nitrogen and oxygen atoms in total. The molecular weight excluding hydrogens is 516 g/mol. The number of rotatable bonds is 4. The Bertz CT molecular complexity index is 1220. The number of aromatic nitrogens is 4. The van der Waals surface area contributed by atoms with Crippen molar-refractivity contribution in [2.45, 2.75) is 64.4 Å². The van der Waals surface area contributed by atoms with Crippen molar-refractivity contribution in [3.05, 3.63) is 51.6 Å². The number of aryl methyl sites for hydroxylation is 1. The largest absolute Gasteiger partial charge is 0.598 e. The number of fused-ring (bicyclic) bond motifs is 2. The smallest absolute Gasteiger partial charge is 0.155 e. The third kappa shape index (κ3) is 3.93. The molecule has 2 N–H and O–H groups in total. The molecule has 1 aliphatic carbocycles. The van der Waals surface area contributed by atoms with E-state index in [2.05, 4.69) is 41.7 Å². The van der Waals surface area contributed by atoms with Crippen molar-refractivity contribution < 1.29 is 9.66 Å². The molecular formula is C24H31BrN6O2S. The highest BCUT2D eigenvalue weighted by Gasteiger charge is 2.51. The van der Waals surface area contributed by atoms with E-state index >= 15 is 0 Å². The molecule has 4 heterocycles. The zero-order valence-corrected chi connectivity index (χ0v) is 22.4. The minimum Gasteiger partial charge on any atom is -0.598 e. The van der Waals surface area contributed by atoms with Crippen LogP contribution >= 0.6 is 15.9 Å². The van der Waals surface area contributed by atoms with Crippen molar-refractivity contribution in [1.29, 1.82) is 0 Å². The predicted molar refractivity (Wildman–Crippen MR) is 137 cm³/mol. The van der Waals surface area contributed by atoms with Gasteiger partial charge in [-0.1, -0.05) is 6.07 Å². The summed E-state index contributed by atoms with van der Waals surface area (Å²) in [6.07, 6.45) is 6.29. The van der Waals surface area contributed by atoms with Gasteiger partial charge in [-0.25, -0.2) is 9.50 Å².